The van der Waals surface area contributed by atoms with Crippen LogP contribution in [0.5, 0.6) is 0 Å². The topological polar surface area (TPSA) is 67.6 Å². The number of halogens is 3. The van der Waals surface area contributed by atoms with Gasteiger partial charge in [0.25, 0.3) is 0 Å². The molecule has 2 aliphatic rings. The molecule has 3 rings (SSSR count). The molecule has 1 saturated heterocycles. The first-order chi connectivity index (χ1) is 12.7. The minimum Gasteiger partial charge on any atom is -0.378 e. The van der Waals surface area contributed by atoms with Gasteiger partial charge in [0, 0.05) is 48.8 Å². The Kier molecular flexibility index (Phi) is 9.13. The smallest absolute Gasteiger partial charge is 0.240 e. The summed E-state index contributed by atoms with van der Waals surface area (Å²) in [5.41, 5.74) is 7.67. The molecule has 1 aromatic rings. The van der Waals surface area contributed by atoms with Crippen LogP contribution in [0.15, 0.2) is 18.2 Å². The van der Waals surface area contributed by atoms with Crippen LogP contribution in [-0.4, -0.2) is 43.8 Å². The molecule has 29 heavy (non-hydrogen) atoms. The Morgan fingerprint density at radius 1 is 1.38 bits per heavy atom. The Bertz CT molecular complexity index is 716. The second-order valence-electron chi connectivity index (χ2n) is 8.58. The summed E-state index contributed by atoms with van der Waals surface area (Å²) in [6.07, 6.45) is 1.68. The van der Waals surface area contributed by atoms with Gasteiger partial charge in [0.05, 0.1) is 6.10 Å². The molecule has 3 unspecified atom stereocenters. The van der Waals surface area contributed by atoms with Crippen molar-refractivity contribution in [2.75, 3.05) is 31.1 Å². The highest BCUT2D eigenvalue weighted by Gasteiger charge is 2.62. The summed E-state index contributed by atoms with van der Waals surface area (Å²) >= 11 is 6.16. The molecule has 5 nitrogen and oxygen atoms in total. The maximum atomic E-state index is 12.8. The van der Waals surface area contributed by atoms with Crippen LogP contribution in [0.25, 0.3) is 0 Å². The Labute approximate surface area is 191 Å². The molecule has 2 fully saturated rings. The average molecular weight is 467 g/mol. The van der Waals surface area contributed by atoms with Gasteiger partial charge in [0.2, 0.25) is 5.91 Å². The maximum Gasteiger partial charge on any atom is 0.240 e. The van der Waals surface area contributed by atoms with E-state index in [4.69, 9.17) is 22.1 Å². The number of aryl methyl sites for hydroxylation is 1. The molecule has 166 valence electrons. The van der Waals surface area contributed by atoms with Crippen molar-refractivity contribution >= 4 is 48.0 Å². The molecule has 1 saturated carbocycles. The van der Waals surface area contributed by atoms with Crippen molar-refractivity contribution < 1.29 is 9.53 Å². The first-order valence-corrected chi connectivity index (χ1v) is 10.3. The van der Waals surface area contributed by atoms with Gasteiger partial charge < -0.3 is 20.7 Å². The van der Waals surface area contributed by atoms with Gasteiger partial charge in [-0.25, -0.2) is 0 Å². The molecular weight excluding hydrogens is 433 g/mol. The van der Waals surface area contributed by atoms with E-state index in [1.54, 1.807) is 0 Å². The number of nitrogens with one attached hydrogen (secondary N) is 1. The SMILES string of the molecule is CCOC1CC(N)(C(=O)NCC2CCN(c3cc(Cl)ccc3C)C2)C1(C)C.Cl.Cl. The van der Waals surface area contributed by atoms with Crippen molar-refractivity contribution in [2.24, 2.45) is 17.1 Å². The van der Waals surface area contributed by atoms with Gasteiger partial charge in [-0.1, -0.05) is 31.5 Å². The molecule has 0 bridgehead atoms. The molecule has 0 radical (unpaired) electrons. The number of carbonyl (C=O) groups is 1. The van der Waals surface area contributed by atoms with Crippen LogP contribution in [0.3, 0.4) is 0 Å². The lowest BCUT2D eigenvalue weighted by atomic mass is 9.54. The molecule has 1 aliphatic heterocycles. The number of anilines is 1. The van der Waals surface area contributed by atoms with Crippen LogP contribution in [0.2, 0.25) is 5.02 Å². The monoisotopic (exact) mass is 465 g/mol. The first kappa shape index (κ1) is 26.3. The summed E-state index contributed by atoms with van der Waals surface area (Å²) < 4.78 is 5.72. The van der Waals surface area contributed by atoms with E-state index in [-0.39, 0.29) is 42.2 Å². The van der Waals surface area contributed by atoms with E-state index in [1.165, 1.54) is 11.3 Å². The molecule has 3 N–H and O–H groups in total. The van der Waals surface area contributed by atoms with Crippen molar-refractivity contribution in [3.8, 4) is 0 Å². The lowest BCUT2D eigenvalue weighted by Crippen LogP contribution is -2.75. The summed E-state index contributed by atoms with van der Waals surface area (Å²) in [4.78, 5) is 15.2. The van der Waals surface area contributed by atoms with E-state index in [1.807, 2.05) is 32.9 Å². The second-order valence-corrected chi connectivity index (χ2v) is 9.02. The number of benzene rings is 1. The number of rotatable bonds is 6. The molecule has 8 heteroatoms. The van der Waals surface area contributed by atoms with Crippen molar-refractivity contribution in [3.05, 3.63) is 28.8 Å². The number of carbonyl (C=O) groups excluding carboxylic acids is 1. The van der Waals surface area contributed by atoms with E-state index in [9.17, 15) is 4.79 Å². The normalized spacial score (nSPS) is 27.4. The summed E-state index contributed by atoms with van der Waals surface area (Å²) in [5.74, 6) is 0.364. The van der Waals surface area contributed by atoms with Gasteiger partial charge in [-0.15, -0.1) is 24.8 Å². The summed E-state index contributed by atoms with van der Waals surface area (Å²) in [6, 6.07) is 6.00. The third-order valence-corrected chi connectivity index (χ3v) is 6.82. The van der Waals surface area contributed by atoms with E-state index in [2.05, 4.69) is 23.2 Å². The van der Waals surface area contributed by atoms with Gasteiger partial charge in [-0.3, -0.25) is 4.79 Å². The third kappa shape index (κ3) is 4.96. The molecule has 0 aromatic heterocycles. The predicted octanol–water partition coefficient (Wildman–Crippen LogP) is 3.97. The molecule has 1 aromatic carbocycles. The van der Waals surface area contributed by atoms with Gasteiger partial charge >= 0.3 is 0 Å². The molecule has 1 amide bonds. The highest BCUT2D eigenvalue weighted by Crippen LogP contribution is 2.49. The first-order valence-electron chi connectivity index (χ1n) is 9.89. The van der Waals surface area contributed by atoms with Crippen molar-refractivity contribution in [1.29, 1.82) is 0 Å². The van der Waals surface area contributed by atoms with Crippen LogP contribution in [0.4, 0.5) is 5.69 Å². The number of nitrogens with two attached hydrogens (primary N) is 1. The highest BCUT2D eigenvalue weighted by atomic mass is 35.5. The number of nitrogens with zero attached hydrogens (tertiary/aromatic N) is 1. The fourth-order valence-electron chi connectivity index (χ4n) is 4.36. The Morgan fingerprint density at radius 2 is 2.07 bits per heavy atom. The fourth-order valence-corrected chi connectivity index (χ4v) is 4.52. The van der Waals surface area contributed by atoms with Gasteiger partial charge in [0.15, 0.2) is 0 Å². The zero-order valence-corrected chi connectivity index (χ0v) is 20.1. The third-order valence-electron chi connectivity index (χ3n) is 6.58. The molecule has 1 heterocycles. The van der Waals surface area contributed by atoms with Crippen LogP contribution in [0.1, 0.15) is 39.2 Å². The Hall–Kier alpha value is -0.720. The van der Waals surface area contributed by atoms with Crippen LogP contribution >= 0.6 is 36.4 Å². The fraction of sp³-hybridized carbons (Fsp3) is 0.667. The predicted molar refractivity (Wildman–Crippen MR) is 125 cm³/mol. The average Bonchev–Trinajstić information content (AvgIpc) is 3.10. The summed E-state index contributed by atoms with van der Waals surface area (Å²) in [5, 5.41) is 3.87. The number of amides is 1. The van der Waals surface area contributed by atoms with Crippen molar-refractivity contribution in [3.63, 3.8) is 0 Å². The number of hydrogen-bond donors (Lipinski definition) is 2. The standard InChI is InChI=1S/C21H32ClN3O2.2ClH/c1-5-27-18-11-21(23,20(18,3)4)19(26)24-12-15-8-9-25(13-15)17-10-16(22)7-6-14(17)2;;/h6-7,10,15,18H,5,8-9,11-13,23H2,1-4H3,(H,24,26);2*1H. The van der Waals surface area contributed by atoms with E-state index < -0.39 is 5.54 Å². The highest BCUT2D eigenvalue weighted by molar-refractivity contribution is 6.30. The van der Waals surface area contributed by atoms with Crippen LogP contribution in [0, 0.1) is 18.3 Å². The molecule has 0 spiro atoms. The Balaban J connectivity index is 0.00000210. The Morgan fingerprint density at radius 3 is 2.69 bits per heavy atom. The van der Waals surface area contributed by atoms with Crippen molar-refractivity contribution in [1.82, 2.24) is 5.32 Å². The zero-order chi connectivity index (χ0) is 19.8. The van der Waals surface area contributed by atoms with Gasteiger partial charge in [-0.05, 0) is 43.9 Å². The lowest BCUT2D eigenvalue weighted by Gasteiger charge is -2.57. The minimum atomic E-state index is -0.853. The summed E-state index contributed by atoms with van der Waals surface area (Å²) in [7, 11) is 0. The van der Waals surface area contributed by atoms with Crippen LogP contribution in [-0.2, 0) is 9.53 Å². The second kappa shape index (κ2) is 10.1. The molecule has 3 atom stereocenters. The number of hydrogen-bond acceptors (Lipinski definition) is 4. The van der Waals surface area contributed by atoms with Gasteiger partial charge in [-0.2, -0.15) is 0 Å². The van der Waals surface area contributed by atoms with Crippen molar-refractivity contribution in [2.45, 2.75) is 52.2 Å². The molecular formula is C21H34Cl3N3O2. The van der Waals surface area contributed by atoms with E-state index >= 15 is 0 Å². The zero-order valence-electron chi connectivity index (χ0n) is 17.7. The quantitative estimate of drug-likeness (QED) is 0.666. The maximum absolute atomic E-state index is 12.8. The summed E-state index contributed by atoms with van der Waals surface area (Å²) in [6.45, 7) is 11.3. The van der Waals surface area contributed by atoms with E-state index in [0.717, 1.165) is 24.5 Å². The van der Waals surface area contributed by atoms with Crippen LogP contribution < -0.4 is 16.0 Å². The van der Waals surface area contributed by atoms with E-state index in [0.29, 0.717) is 25.5 Å². The lowest BCUT2D eigenvalue weighted by molar-refractivity contribution is -0.170. The number of ether oxygens (including phenoxy) is 1. The largest absolute Gasteiger partial charge is 0.378 e. The minimum absolute atomic E-state index is 0. The molecule has 1 aliphatic carbocycles. The van der Waals surface area contributed by atoms with Gasteiger partial charge in [0.1, 0.15) is 5.54 Å².